The van der Waals surface area contributed by atoms with Crippen LogP contribution in [0.1, 0.15) is 259 Å². The van der Waals surface area contributed by atoms with Crippen LogP contribution in [-0.2, 0) is 19.1 Å². The molecule has 0 aliphatic heterocycles. The Kier molecular flexibility index (Phi) is 50.6. The van der Waals surface area contributed by atoms with Gasteiger partial charge in [-0.3, -0.25) is 9.59 Å². The van der Waals surface area contributed by atoms with Crippen molar-refractivity contribution in [3.63, 3.8) is 0 Å². The van der Waals surface area contributed by atoms with Crippen LogP contribution in [0.4, 0.5) is 0 Å². The van der Waals surface area contributed by atoms with Gasteiger partial charge in [0, 0.05) is 11.5 Å². The van der Waals surface area contributed by atoms with Crippen LogP contribution in [0.2, 0.25) is 0 Å². The van der Waals surface area contributed by atoms with E-state index in [1.54, 1.807) is 11.8 Å². The number of carbonyl (C=O) groups is 2. The van der Waals surface area contributed by atoms with E-state index in [0.717, 1.165) is 25.7 Å². The topological polar surface area (TPSA) is 52.6 Å². The van der Waals surface area contributed by atoms with Crippen LogP contribution in [0.15, 0.2) is 0 Å². The molecule has 0 N–H and O–H groups in total. The lowest BCUT2D eigenvalue weighted by molar-refractivity contribution is -0.144. The fourth-order valence-electron chi connectivity index (χ4n) is 6.23. The summed E-state index contributed by atoms with van der Waals surface area (Å²) in [4.78, 5) is 23.9. The molecule has 0 aromatic carbocycles. The van der Waals surface area contributed by atoms with E-state index in [4.69, 9.17) is 9.47 Å². The molecule has 0 aromatic heterocycles. The lowest BCUT2D eigenvalue weighted by Gasteiger charge is -2.06. The maximum Gasteiger partial charge on any atom is 0.306 e. The number of esters is 2. The lowest BCUT2D eigenvalue weighted by Crippen LogP contribution is -2.09. The molecule has 0 unspecified atom stereocenters. The molecule has 4 nitrogen and oxygen atoms in total. The second-order valence-electron chi connectivity index (χ2n) is 15.2. The van der Waals surface area contributed by atoms with E-state index < -0.39 is 0 Å². The first-order valence-electron chi connectivity index (χ1n) is 23.0. The van der Waals surface area contributed by atoms with Crippen molar-refractivity contribution in [3.8, 4) is 0 Å². The second kappa shape index (κ2) is 49.3. The summed E-state index contributed by atoms with van der Waals surface area (Å²) in [7, 11) is 0. The van der Waals surface area contributed by atoms with Crippen molar-refractivity contribution in [2.45, 2.75) is 259 Å². The molecule has 306 valence electrons. The normalized spacial score (nSPS) is 11.0. The van der Waals surface area contributed by atoms with Gasteiger partial charge in [-0.25, -0.2) is 0 Å². The van der Waals surface area contributed by atoms with E-state index >= 15 is 0 Å². The van der Waals surface area contributed by atoms with Gasteiger partial charge in [0.2, 0.25) is 0 Å². The Morgan fingerprint density at radius 2 is 0.529 bits per heavy atom. The molecule has 0 fully saturated rings. The van der Waals surface area contributed by atoms with Gasteiger partial charge in [0.05, 0.1) is 26.1 Å². The van der Waals surface area contributed by atoms with Gasteiger partial charge in [-0.15, -0.1) is 0 Å². The SMILES string of the molecule is CCCC.CCCCCCCCCCCCCCCCCCOC(=O)CCSCCC(=O)OCCCCCCCCCCCCCCCCCC. The molecule has 0 aromatic rings. The quantitative estimate of drug-likeness (QED) is 0.0461. The zero-order chi connectivity index (χ0) is 37.6. The molecule has 0 spiro atoms. The number of hydrogen-bond donors (Lipinski definition) is 0. The molecule has 0 rings (SSSR count). The monoisotopic (exact) mass is 741 g/mol. The molecule has 0 aliphatic carbocycles. The fraction of sp³-hybridized carbons (Fsp3) is 0.957. The van der Waals surface area contributed by atoms with Gasteiger partial charge in [-0.05, 0) is 12.8 Å². The molecular formula is C46H92O4S. The summed E-state index contributed by atoms with van der Waals surface area (Å²) in [5.74, 6) is 1.21. The Morgan fingerprint density at radius 3 is 0.745 bits per heavy atom. The predicted molar refractivity (Wildman–Crippen MR) is 228 cm³/mol. The summed E-state index contributed by atoms with van der Waals surface area (Å²) in [5.41, 5.74) is 0. The molecule has 0 radical (unpaired) electrons. The number of ether oxygens (including phenoxy) is 2. The Hall–Kier alpha value is -0.710. The molecule has 5 heteroatoms. The minimum absolute atomic E-state index is 0.107. The van der Waals surface area contributed by atoms with E-state index in [2.05, 4.69) is 27.7 Å². The van der Waals surface area contributed by atoms with Crippen LogP contribution in [-0.4, -0.2) is 36.7 Å². The number of carbonyl (C=O) groups excluding carboxylic acids is 2. The smallest absolute Gasteiger partial charge is 0.306 e. The predicted octanol–water partition coefficient (Wildman–Crippen LogP) is 15.9. The molecular weight excluding hydrogens is 649 g/mol. The molecule has 51 heavy (non-hydrogen) atoms. The summed E-state index contributed by atoms with van der Waals surface area (Å²) in [5, 5.41) is 0. The highest BCUT2D eigenvalue weighted by Gasteiger charge is 2.06. The third-order valence-corrected chi connectivity index (χ3v) is 10.9. The van der Waals surface area contributed by atoms with E-state index in [1.807, 2.05) is 0 Å². The summed E-state index contributed by atoms with van der Waals surface area (Å²) in [6, 6.07) is 0. The first kappa shape index (κ1) is 52.4. The average Bonchev–Trinajstić information content (AvgIpc) is 3.14. The van der Waals surface area contributed by atoms with Crippen LogP contribution in [0.3, 0.4) is 0 Å². The molecule has 0 saturated heterocycles. The maximum absolute atomic E-state index is 12.0. The van der Waals surface area contributed by atoms with Crippen molar-refractivity contribution < 1.29 is 19.1 Å². The molecule has 0 aliphatic rings. The Bertz CT molecular complexity index is 601. The van der Waals surface area contributed by atoms with Gasteiger partial charge in [0.15, 0.2) is 0 Å². The standard InChI is InChI=1S/C42H82O4S.C4H10/c1-3-5-7-9-11-13-15-17-19-21-23-25-27-29-31-33-37-45-41(43)35-39-47-40-36-42(44)46-38-34-32-30-28-26-24-22-20-18-16-14-12-10-8-6-4-2;1-3-4-2/h3-40H2,1-2H3;3-4H2,1-2H3. The first-order chi connectivity index (χ1) is 25.1. The van der Waals surface area contributed by atoms with E-state index in [1.165, 1.54) is 193 Å². The highest BCUT2D eigenvalue weighted by atomic mass is 32.2. The van der Waals surface area contributed by atoms with Gasteiger partial charge in [-0.2, -0.15) is 11.8 Å². The van der Waals surface area contributed by atoms with Crippen molar-refractivity contribution in [2.75, 3.05) is 24.7 Å². The van der Waals surface area contributed by atoms with Crippen molar-refractivity contribution in [3.05, 3.63) is 0 Å². The zero-order valence-corrected chi connectivity index (χ0v) is 36.1. The third-order valence-electron chi connectivity index (χ3n) is 9.92. The van der Waals surface area contributed by atoms with Crippen LogP contribution in [0, 0.1) is 0 Å². The van der Waals surface area contributed by atoms with Gasteiger partial charge < -0.3 is 9.47 Å². The zero-order valence-electron chi connectivity index (χ0n) is 35.3. The van der Waals surface area contributed by atoms with Gasteiger partial charge in [-0.1, -0.05) is 233 Å². The third kappa shape index (κ3) is 51.4. The van der Waals surface area contributed by atoms with Gasteiger partial charge in [0.25, 0.3) is 0 Å². The minimum atomic E-state index is -0.107. The highest BCUT2D eigenvalue weighted by molar-refractivity contribution is 7.99. The van der Waals surface area contributed by atoms with Crippen molar-refractivity contribution in [1.29, 1.82) is 0 Å². The minimum Gasteiger partial charge on any atom is -0.466 e. The number of unbranched alkanes of at least 4 members (excludes halogenated alkanes) is 31. The fourth-order valence-corrected chi connectivity index (χ4v) is 7.06. The van der Waals surface area contributed by atoms with E-state index in [-0.39, 0.29) is 11.9 Å². The summed E-state index contributed by atoms with van der Waals surface area (Å²) >= 11 is 1.64. The van der Waals surface area contributed by atoms with Crippen molar-refractivity contribution in [2.24, 2.45) is 0 Å². The highest BCUT2D eigenvalue weighted by Crippen LogP contribution is 2.15. The summed E-state index contributed by atoms with van der Waals surface area (Å²) in [6.07, 6.45) is 46.6. The molecule has 0 bridgehead atoms. The van der Waals surface area contributed by atoms with Crippen molar-refractivity contribution in [1.82, 2.24) is 0 Å². The molecule has 0 amide bonds. The van der Waals surface area contributed by atoms with Crippen LogP contribution in [0.5, 0.6) is 0 Å². The Balaban J connectivity index is 0. The molecule has 0 heterocycles. The van der Waals surface area contributed by atoms with Crippen LogP contribution < -0.4 is 0 Å². The number of rotatable bonds is 41. The maximum atomic E-state index is 12.0. The van der Waals surface area contributed by atoms with Crippen LogP contribution >= 0.6 is 11.8 Å². The van der Waals surface area contributed by atoms with Crippen LogP contribution in [0.25, 0.3) is 0 Å². The van der Waals surface area contributed by atoms with Gasteiger partial charge in [0.1, 0.15) is 0 Å². The average molecular weight is 741 g/mol. The molecule has 0 saturated carbocycles. The summed E-state index contributed by atoms with van der Waals surface area (Å²) < 4.78 is 10.8. The molecule has 0 atom stereocenters. The Morgan fingerprint density at radius 1 is 0.314 bits per heavy atom. The van der Waals surface area contributed by atoms with E-state index in [0.29, 0.717) is 37.6 Å². The largest absolute Gasteiger partial charge is 0.466 e. The van der Waals surface area contributed by atoms with Gasteiger partial charge >= 0.3 is 11.9 Å². The first-order valence-corrected chi connectivity index (χ1v) is 24.2. The van der Waals surface area contributed by atoms with E-state index in [9.17, 15) is 9.59 Å². The lowest BCUT2D eigenvalue weighted by atomic mass is 10.0. The number of thioether (sulfide) groups is 1. The summed E-state index contributed by atoms with van der Waals surface area (Å²) in [6.45, 7) is 10.0. The Labute approximate surface area is 325 Å². The number of hydrogen-bond acceptors (Lipinski definition) is 5. The van der Waals surface area contributed by atoms with Crippen molar-refractivity contribution >= 4 is 23.7 Å². The second-order valence-corrected chi connectivity index (χ2v) is 16.4.